The van der Waals surface area contributed by atoms with Crippen LogP contribution in [0.1, 0.15) is 35.4 Å². The number of amides is 1. The van der Waals surface area contributed by atoms with Crippen LogP contribution >= 0.6 is 0 Å². The van der Waals surface area contributed by atoms with E-state index < -0.39 is 12.0 Å². The lowest BCUT2D eigenvalue weighted by Crippen LogP contribution is -2.47. The van der Waals surface area contributed by atoms with E-state index in [2.05, 4.69) is 0 Å². The van der Waals surface area contributed by atoms with Crippen LogP contribution in [0.3, 0.4) is 0 Å². The van der Waals surface area contributed by atoms with Gasteiger partial charge in [0.1, 0.15) is 18.1 Å². The summed E-state index contributed by atoms with van der Waals surface area (Å²) in [6.07, 6.45) is 3.61. The third kappa shape index (κ3) is 2.33. The van der Waals surface area contributed by atoms with E-state index in [4.69, 9.17) is 9.52 Å². The van der Waals surface area contributed by atoms with E-state index in [0.29, 0.717) is 24.3 Å². The predicted octanol–water partition coefficient (Wildman–Crippen LogP) is 1.67. The Bertz CT molecular complexity index is 437. The molecule has 1 aromatic heterocycles. The lowest BCUT2D eigenvalue weighted by atomic mass is 10.0. The van der Waals surface area contributed by atoms with Crippen molar-refractivity contribution in [1.29, 1.82) is 0 Å². The van der Waals surface area contributed by atoms with Crippen LogP contribution in [0.4, 0.5) is 0 Å². The van der Waals surface area contributed by atoms with E-state index >= 15 is 0 Å². The second kappa shape index (κ2) is 4.61. The summed E-state index contributed by atoms with van der Waals surface area (Å²) in [7, 11) is 0. The average Bonchev–Trinajstić information content (AvgIpc) is 2.75. The molecule has 17 heavy (non-hydrogen) atoms. The van der Waals surface area contributed by atoms with Crippen LogP contribution in [0.15, 0.2) is 16.7 Å². The highest BCUT2D eigenvalue weighted by Gasteiger charge is 2.32. The summed E-state index contributed by atoms with van der Waals surface area (Å²) in [5.74, 6) is -0.538. The van der Waals surface area contributed by atoms with Gasteiger partial charge in [-0.2, -0.15) is 0 Å². The number of likely N-dealkylation sites (tertiary alicyclic amines) is 1. The van der Waals surface area contributed by atoms with Gasteiger partial charge in [-0.1, -0.05) is 0 Å². The molecule has 0 aromatic carbocycles. The Morgan fingerprint density at radius 1 is 1.47 bits per heavy atom. The van der Waals surface area contributed by atoms with Gasteiger partial charge in [0.05, 0.1) is 5.56 Å². The minimum Gasteiger partial charge on any atom is -0.480 e. The fourth-order valence-corrected chi connectivity index (χ4v) is 2.15. The van der Waals surface area contributed by atoms with Crippen molar-refractivity contribution in [2.75, 3.05) is 6.54 Å². The molecular weight excluding hydrogens is 222 g/mol. The van der Waals surface area contributed by atoms with Gasteiger partial charge in [-0.25, -0.2) is 4.79 Å². The number of nitrogens with zero attached hydrogens (tertiary/aromatic N) is 1. The molecule has 0 radical (unpaired) electrons. The van der Waals surface area contributed by atoms with Crippen LogP contribution in [0, 0.1) is 6.92 Å². The Morgan fingerprint density at radius 2 is 2.24 bits per heavy atom. The zero-order valence-electron chi connectivity index (χ0n) is 9.68. The van der Waals surface area contributed by atoms with E-state index in [-0.39, 0.29) is 5.91 Å². The second-order valence-electron chi connectivity index (χ2n) is 4.29. The normalized spacial score (nSPS) is 20.3. The van der Waals surface area contributed by atoms with E-state index in [1.807, 2.05) is 0 Å². The van der Waals surface area contributed by atoms with Gasteiger partial charge >= 0.3 is 5.97 Å². The first kappa shape index (κ1) is 11.7. The molecule has 1 saturated heterocycles. The number of aryl methyl sites for hydroxylation is 1. The summed E-state index contributed by atoms with van der Waals surface area (Å²) in [5, 5.41) is 9.09. The molecule has 2 heterocycles. The molecule has 5 heteroatoms. The van der Waals surface area contributed by atoms with Crippen LogP contribution in [-0.4, -0.2) is 34.5 Å². The predicted molar refractivity (Wildman–Crippen MR) is 59.8 cm³/mol. The van der Waals surface area contributed by atoms with Crippen LogP contribution in [0.2, 0.25) is 0 Å². The number of carboxylic acid groups (broad SMARTS) is 1. The van der Waals surface area contributed by atoms with Crippen LogP contribution in [-0.2, 0) is 4.79 Å². The molecule has 5 nitrogen and oxygen atoms in total. The van der Waals surface area contributed by atoms with E-state index in [9.17, 15) is 9.59 Å². The smallest absolute Gasteiger partial charge is 0.326 e. The van der Waals surface area contributed by atoms with Crippen molar-refractivity contribution in [2.24, 2.45) is 0 Å². The first-order valence-electron chi connectivity index (χ1n) is 5.68. The molecule has 2 rings (SSSR count). The van der Waals surface area contributed by atoms with Gasteiger partial charge in [-0.05, 0) is 32.3 Å². The molecule has 1 aliphatic heterocycles. The SMILES string of the molecule is Cc1cc(C(=O)N2CCCCC2C(=O)O)co1. The number of aliphatic carboxylic acids is 1. The van der Waals surface area contributed by atoms with Crippen LogP contribution in [0.5, 0.6) is 0 Å². The molecule has 1 aromatic rings. The number of carbonyl (C=O) groups excluding carboxylic acids is 1. The van der Waals surface area contributed by atoms with Gasteiger partial charge in [-0.3, -0.25) is 4.79 Å². The highest BCUT2D eigenvalue weighted by atomic mass is 16.4. The molecule has 1 amide bonds. The molecule has 1 N–H and O–H groups in total. The number of hydrogen-bond acceptors (Lipinski definition) is 3. The summed E-state index contributed by atoms with van der Waals surface area (Å²) in [6.45, 7) is 2.25. The largest absolute Gasteiger partial charge is 0.480 e. The number of rotatable bonds is 2. The Labute approximate surface area is 99.0 Å². The lowest BCUT2D eigenvalue weighted by molar-refractivity contribution is -0.143. The van der Waals surface area contributed by atoms with Gasteiger partial charge in [0.2, 0.25) is 0 Å². The fourth-order valence-electron chi connectivity index (χ4n) is 2.15. The van der Waals surface area contributed by atoms with Gasteiger partial charge in [0.25, 0.3) is 5.91 Å². The Kier molecular flexibility index (Phi) is 3.17. The van der Waals surface area contributed by atoms with Crippen molar-refractivity contribution < 1.29 is 19.1 Å². The molecule has 1 fully saturated rings. The third-order valence-electron chi connectivity index (χ3n) is 3.03. The summed E-state index contributed by atoms with van der Waals surface area (Å²) in [4.78, 5) is 24.6. The minimum absolute atomic E-state index is 0.256. The maximum Gasteiger partial charge on any atom is 0.326 e. The maximum atomic E-state index is 12.1. The van der Waals surface area contributed by atoms with Crippen LogP contribution < -0.4 is 0 Å². The van der Waals surface area contributed by atoms with Crippen molar-refractivity contribution in [2.45, 2.75) is 32.2 Å². The quantitative estimate of drug-likeness (QED) is 0.849. The maximum absolute atomic E-state index is 12.1. The number of furan rings is 1. The van der Waals surface area contributed by atoms with E-state index in [1.165, 1.54) is 11.2 Å². The van der Waals surface area contributed by atoms with Crippen molar-refractivity contribution in [3.63, 3.8) is 0 Å². The summed E-state index contributed by atoms with van der Waals surface area (Å²) in [5.41, 5.74) is 0.427. The zero-order chi connectivity index (χ0) is 12.4. The molecule has 92 valence electrons. The summed E-state index contributed by atoms with van der Waals surface area (Å²) in [6, 6.07) is 0.932. The van der Waals surface area contributed by atoms with Crippen molar-refractivity contribution in [3.8, 4) is 0 Å². The fraction of sp³-hybridized carbons (Fsp3) is 0.500. The molecule has 1 unspecified atom stereocenters. The molecule has 0 spiro atoms. The Morgan fingerprint density at radius 3 is 2.82 bits per heavy atom. The van der Waals surface area contributed by atoms with E-state index in [0.717, 1.165) is 12.8 Å². The standard InChI is InChI=1S/C12H15NO4/c1-8-6-9(7-17-8)11(14)13-5-3-2-4-10(13)12(15)16/h6-7,10H,2-5H2,1H3,(H,15,16). The molecule has 0 bridgehead atoms. The monoisotopic (exact) mass is 237 g/mol. The van der Waals surface area contributed by atoms with Crippen LogP contribution in [0.25, 0.3) is 0 Å². The first-order chi connectivity index (χ1) is 8.09. The highest BCUT2D eigenvalue weighted by molar-refractivity contribution is 5.96. The third-order valence-corrected chi connectivity index (χ3v) is 3.03. The van der Waals surface area contributed by atoms with Crippen molar-refractivity contribution >= 4 is 11.9 Å². The molecule has 0 saturated carbocycles. The molecule has 0 aliphatic carbocycles. The second-order valence-corrected chi connectivity index (χ2v) is 4.29. The minimum atomic E-state index is -0.932. The van der Waals surface area contributed by atoms with Gasteiger partial charge in [0, 0.05) is 6.54 Å². The zero-order valence-corrected chi connectivity index (χ0v) is 9.68. The highest BCUT2D eigenvalue weighted by Crippen LogP contribution is 2.20. The number of carbonyl (C=O) groups is 2. The summed E-state index contributed by atoms with van der Waals surface area (Å²) >= 11 is 0. The topological polar surface area (TPSA) is 70.8 Å². The van der Waals surface area contributed by atoms with Gasteiger partial charge < -0.3 is 14.4 Å². The Hall–Kier alpha value is -1.78. The van der Waals surface area contributed by atoms with Gasteiger partial charge in [-0.15, -0.1) is 0 Å². The van der Waals surface area contributed by atoms with Crippen molar-refractivity contribution in [1.82, 2.24) is 4.90 Å². The number of hydrogen-bond donors (Lipinski definition) is 1. The number of carboxylic acids is 1. The number of piperidine rings is 1. The summed E-state index contributed by atoms with van der Waals surface area (Å²) < 4.78 is 5.08. The molecule has 1 atom stereocenters. The van der Waals surface area contributed by atoms with Gasteiger partial charge in [0.15, 0.2) is 0 Å². The first-order valence-corrected chi connectivity index (χ1v) is 5.68. The average molecular weight is 237 g/mol. The lowest BCUT2D eigenvalue weighted by Gasteiger charge is -2.32. The Balaban J connectivity index is 2.19. The molecular formula is C12H15NO4. The van der Waals surface area contributed by atoms with E-state index in [1.54, 1.807) is 13.0 Å². The van der Waals surface area contributed by atoms with Crippen molar-refractivity contribution in [3.05, 3.63) is 23.7 Å². The molecule has 1 aliphatic rings.